The average molecular weight is 406 g/mol. The summed E-state index contributed by atoms with van der Waals surface area (Å²) in [5, 5.41) is 0. The number of H-pyrrole nitrogens is 1. The number of alkyl halides is 5. The maximum atomic E-state index is 13.3. The minimum atomic E-state index is -4.44. The Bertz CT molecular complexity index is 1040. The summed E-state index contributed by atoms with van der Waals surface area (Å²) in [6.07, 6.45) is -0.148. The van der Waals surface area contributed by atoms with Gasteiger partial charge in [-0.1, -0.05) is 30.3 Å². The quantitative estimate of drug-likeness (QED) is 0.462. The lowest BCUT2D eigenvalue weighted by Gasteiger charge is -2.26. The third-order valence-electron chi connectivity index (χ3n) is 5.33. The van der Waals surface area contributed by atoms with Crippen molar-refractivity contribution in [3.8, 4) is 11.1 Å². The summed E-state index contributed by atoms with van der Waals surface area (Å²) in [7, 11) is 0. The molecule has 0 saturated heterocycles. The number of nitrogens with one attached hydrogen (secondary N) is 1. The zero-order valence-electron chi connectivity index (χ0n) is 15.4. The van der Waals surface area contributed by atoms with Crippen LogP contribution in [0.25, 0.3) is 28.2 Å². The molecule has 29 heavy (non-hydrogen) atoms. The van der Waals surface area contributed by atoms with Gasteiger partial charge in [0.1, 0.15) is 5.82 Å². The third kappa shape index (κ3) is 4.33. The molecule has 1 N–H and O–H groups in total. The van der Waals surface area contributed by atoms with E-state index in [0.29, 0.717) is 35.3 Å². The van der Waals surface area contributed by atoms with Crippen molar-refractivity contribution in [3.63, 3.8) is 0 Å². The monoisotopic (exact) mass is 406 g/mol. The van der Waals surface area contributed by atoms with Crippen LogP contribution in [0.15, 0.2) is 48.5 Å². The number of nitrogens with zero attached hydrogens (tertiary/aromatic N) is 1. The molecule has 1 fully saturated rings. The smallest absolute Gasteiger partial charge is 0.338 e. The lowest BCUT2D eigenvalue weighted by atomic mass is 9.86. The zero-order valence-corrected chi connectivity index (χ0v) is 15.4. The molecule has 7 heteroatoms. The van der Waals surface area contributed by atoms with Gasteiger partial charge in [0.2, 0.25) is 5.92 Å². The minimum absolute atomic E-state index is 0.0806. The van der Waals surface area contributed by atoms with Gasteiger partial charge in [-0.2, -0.15) is 13.2 Å². The number of fused-ring (bicyclic) bond motifs is 1. The molecular formula is C22H19F5N2. The van der Waals surface area contributed by atoms with Crippen molar-refractivity contribution >= 4 is 17.1 Å². The number of allylic oxidation sites excluding steroid dienone is 1. The summed E-state index contributed by atoms with van der Waals surface area (Å²) in [5.74, 6) is -1.93. The van der Waals surface area contributed by atoms with E-state index < -0.39 is 17.7 Å². The van der Waals surface area contributed by atoms with E-state index in [1.165, 1.54) is 12.1 Å². The molecule has 0 amide bonds. The fourth-order valence-electron chi connectivity index (χ4n) is 3.74. The number of halogens is 5. The first-order valence-corrected chi connectivity index (χ1v) is 9.44. The van der Waals surface area contributed by atoms with Crippen LogP contribution in [0.4, 0.5) is 22.0 Å². The van der Waals surface area contributed by atoms with E-state index in [1.807, 2.05) is 6.08 Å². The SMILES string of the molecule is FC1(F)CCC(/C=C/c2nc3cc(-c4ccccc4C(F)(F)F)ccc3[nH]2)CC1. The lowest BCUT2D eigenvalue weighted by Crippen LogP contribution is -2.23. The molecule has 0 spiro atoms. The Kier molecular flexibility index (Phi) is 4.92. The Morgan fingerprint density at radius 1 is 1.03 bits per heavy atom. The second-order valence-electron chi connectivity index (χ2n) is 7.45. The second kappa shape index (κ2) is 7.28. The largest absolute Gasteiger partial charge is 0.417 e. The standard InChI is InChI=1S/C22H19F5N2/c23-21(24)11-9-14(10-12-21)5-8-20-28-18-7-6-15(13-19(18)29-20)16-3-1-2-4-17(16)22(25,26)27/h1-8,13-14H,9-12H2,(H,28,29)/b8-5+. The van der Waals surface area contributed by atoms with Crippen molar-refractivity contribution in [2.75, 3.05) is 0 Å². The van der Waals surface area contributed by atoms with Gasteiger partial charge < -0.3 is 4.98 Å². The van der Waals surface area contributed by atoms with Crippen LogP contribution in [-0.2, 0) is 6.18 Å². The summed E-state index contributed by atoms with van der Waals surface area (Å²) >= 11 is 0. The van der Waals surface area contributed by atoms with Gasteiger partial charge in [0.15, 0.2) is 0 Å². The number of benzene rings is 2. The van der Waals surface area contributed by atoms with E-state index in [4.69, 9.17) is 0 Å². The topological polar surface area (TPSA) is 28.7 Å². The molecule has 0 aliphatic heterocycles. The lowest BCUT2D eigenvalue weighted by molar-refractivity contribution is -0.137. The van der Waals surface area contributed by atoms with Gasteiger partial charge in [-0.3, -0.25) is 0 Å². The second-order valence-corrected chi connectivity index (χ2v) is 7.45. The molecule has 4 rings (SSSR count). The molecule has 0 bridgehead atoms. The maximum Gasteiger partial charge on any atom is 0.417 e. The molecule has 0 atom stereocenters. The van der Waals surface area contributed by atoms with Crippen molar-refractivity contribution < 1.29 is 22.0 Å². The summed E-state index contributed by atoms with van der Waals surface area (Å²) in [4.78, 5) is 7.54. The third-order valence-corrected chi connectivity index (χ3v) is 5.33. The number of aromatic nitrogens is 2. The molecule has 0 unspecified atom stereocenters. The highest BCUT2D eigenvalue weighted by Gasteiger charge is 2.34. The van der Waals surface area contributed by atoms with Gasteiger partial charge in [-0.25, -0.2) is 13.8 Å². The van der Waals surface area contributed by atoms with Crippen LogP contribution in [0.5, 0.6) is 0 Å². The van der Waals surface area contributed by atoms with Crippen molar-refractivity contribution in [1.82, 2.24) is 9.97 Å². The van der Waals surface area contributed by atoms with Crippen LogP contribution in [-0.4, -0.2) is 15.9 Å². The van der Waals surface area contributed by atoms with E-state index in [2.05, 4.69) is 9.97 Å². The maximum absolute atomic E-state index is 13.3. The molecule has 1 heterocycles. The highest BCUT2D eigenvalue weighted by molar-refractivity contribution is 5.83. The van der Waals surface area contributed by atoms with Crippen LogP contribution >= 0.6 is 0 Å². The first kappa shape index (κ1) is 19.6. The number of hydrogen-bond acceptors (Lipinski definition) is 1. The highest BCUT2D eigenvalue weighted by atomic mass is 19.4. The highest BCUT2D eigenvalue weighted by Crippen LogP contribution is 2.38. The number of imidazole rings is 1. The van der Waals surface area contributed by atoms with E-state index in [9.17, 15) is 22.0 Å². The van der Waals surface area contributed by atoms with Gasteiger partial charge in [0, 0.05) is 12.8 Å². The molecule has 1 aliphatic carbocycles. The van der Waals surface area contributed by atoms with Crippen molar-refractivity contribution in [2.45, 2.75) is 37.8 Å². The molecule has 2 nitrogen and oxygen atoms in total. The number of rotatable bonds is 3. The van der Waals surface area contributed by atoms with Gasteiger partial charge in [0.25, 0.3) is 0 Å². The van der Waals surface area contributed by atoms with E-state index in [-0.39, 0.29) is 24.3 Å². The number of aromatic amines is 1. The van der Waals surface area contributed by atoms with Gasteiger partial charge >= 0.3 is 6.18 Å². The minimum Gasteiger partial charge on any atom is -0.338 e. The Morgan fingerprint density at radius 2 is 1.76 bits per heavy atom. The van der Waals surface area contributed by atoms with Crippen molar-refractivity contribution in [3.05, 3.63) is 59.9 Å². The molecule has 1 aliphatic rings. The van der Waals surface area contributed by atoms with Crippen LogP contribution in [0.1, 0.15) is 37.1 Å². The Morgan fingerprint density at radius 3 is 2.48 bits per heavy atom. The predicted octanol–water partition coefficient (Wildman–Crippen LogP) is 7.09. The number of hydrogen-bond donors (Lipinski definition) is 1. The average Bonchev–Trinajstić information content (AvgIpc) is 3.08. The predicted molar refractivity (Wildman–Crippen MR) is 102 cm³/mol. The van der Waals surface area contributed by atoms with Crippen LogP contribution in [0.2, 0.25) is 0 Å². The Balaban J connectivity index is 1.59. The van der Waals surface area contributed by atoms with Crippen LogP contribution in [0, 0.1) is 5.92 Å². The first-order chi connectivity index (χ1) is 13.7. The van der Waals surface area contributed by atoms with Gasteiger partial charge in [0.05, 0.1) is 16.6 Å². The van der Waals surface area contributed by atoms with E-state index in [0.717, 1.165) is 6.07 Å². The van der Waals surface area contributed by atoms with Gasteiger partial charge in [-0.15, -0.1) is 0 Å². The van der Waals surface area contributed by atoms with Crippen molar-refractivity contribution in [2.24, 2.45) is 5.92 Å². The Labute approximate surface area is 164 Å². The normalized spacial score (nSPS) is 18.0. The van der Waals surface area contributed by atoms with Crippen LogP contribution < -0.4 is 0 Å². The first-order valence-electron chi connectivity index (χ1n) is 9.44. The molecule has 0 radical (unpaired) electrons. The Hall–Kier alpha value is -2.70. The molecular weight excluding hydrogens is 387 g/mol. The van der Waals surface area contributed by atoms with Crippen LogP contribution in [0.3, 0.4) is 0 Å². The fourth-order valence-corrected chi connectivity index (χ4v) is 3.74. The summed E-state index contributed by atoms with van der Waals surface area (Å²) in [6.45, 7) is 0. The van der Waals surface area contributed by atoms with Crippen molar-refractivity contribution in [1.29, 1.82) is 0 Å². The molecule has 152 valence electrons. The van der Waals surface area contributed by atoms with E-state index >= 15 is 0 Å². The molecule has 3 aromatic rings. The summed E-state index contributed by atoms with van der Waals surface area (Å²) < 4.78 is 66.4. The van der Waals surface area contributed by atoms with E-state index in [1.54, 1.807) is 30.3 Å². The molecule has 1 aromatic heterocycles. The molecule has 2 aromatic carbocycles. The zero-order chi connectivity index (χ0) is 20.6. The summed E-state index contributed by atoms with van der Waals surface area (Å²) in [6, 6.07) is 10.4. The molecule has 1 saturated carbocycles. The fraction of sp³-hybridized carbons (Fsp3) is 0.318. The summed E-state index contributed by atoms with van der Waals surface area (Å²) in [5.41, 5.74) is 1.10. The van der Waals surface area contributed by atoms with Gasteiger partial charge in [-0.05, 0) is 54.2 Å².